The molecular formula is C13H24N2O4. The predicted octanol–water partition coefficient (Wildman–Crippen LogP) is 0.996. The number of aliphatic hydroxyl groups is 1. The highest BCUT2D eigenvalue weighted by Gasteiger charge is 2.33. The van der Waals surface area contributed by atoms with Crippen LogP contribution in [-0.4, -0.2) is 63.8 Å². The third-order valence-corrected chi connectivity index (χ3v) is 3.48. The number of amides is 2. The number of aliphatic carboxylic acids is 1. The standard InChI is InChI=1S/C13H24N2O4/c1-13(2,3)15(8-11(17)18)12(19)14-6-4-10(9-16)5-7-14/h10,16H,4-9H2,1-3H3,(H,17,18). The highest BCUT2D eigenvalue weighted by Crippen LogP contribution is 2.21. The zero-order chi connectivity index (χ0) is 14.6. The summed E-state index contributed by atoms with van der Waals surface area (Å²) in [6.07, 6.45) is 1.54. The minimum Gasteiger partial charge on any atom is -0.480 e. The molecule has 2 N–H and O–H groups in total. The number of hydrogen-bond acceptors (Lipinski definition) is 3. The Kier molecular flexibility index (Phi) is 5.17. The summed E-state index contributed by atoms with van der Waals surface area (Å²) in [5, 5.41) is 18.0. The molecule has 0 unspecified atom stereocenters. The molecule has 1 rings (SSSR count). The minimum absolute atomic E-state index is 0.153. The number of likely N-dealkylation sites (tertiary alicyclic amines) is 1. The van der Waals surface area contributed by atoms with E-state index in [4.69, 9.17) is 10.2 Å². The maximum Gasteiger partial charge on any atom is 0.323 e. The number of rotatable bonds is 3. The van der Waals surface area contributed by atoms with Gasteiger partial charge < -0.3 is 20.0 Å². The maximum absolute atomic E-state index is 12.4. The number of piperidine rings is 1. The van der Waals surface area contributed by atoms with Crippen LogP contribution in [0.5, 0.6) is 0 Å². The van der Waals surface area contributed by atoms with Gasteiger partial charge in [-0.15, -0.1) is 0 Å². The normalized spacial score (nSPS) is 17.4. The van der Waals surface area contributed by atoms with E-state index in [9.17, 15) is 9.59 Å². The van der Waals surface area contributed by atoms with Crippen molar-refractivity contribution < 1.29 is 19.8 Å². The highest BCUT2D eigenvalue weighted by molar-refractivity contribution is 5.81. The summed E-state index contributed by atoms with van der Waals surface area (Å²) < 4.78 is 0. The van der Waals surface area contributed by atoms with Gasteiger partial charge in [-0.3, -0.25) is 4.79 Å². The zero-order valence-electron chi connectivity index (χ0n) is 11.9. The second-order valence-electron chi connectivity index (χ2n) is 6.05. The van der Waals surface area contributed by atoms with Gasteiger partial charge in [0.15, 0.2) is 0 Å². The van der Waals surface area contributed by atoms with Crippen molar-refractivity contribution in [2.24, 2.45) is 5.92 Å². The molecule has 0 saturated carbocycles. The van der Waals surface area contributed by atoms with E-state index < -0.39 is 11.5 Å². The topological polar surface area (TPSA) is 81.1 Å². The van der Waals surface area contributed by atoms with Gasteiger partial charge in [0, 0.05) is 25.2 Å². The first kappa shape index (κ1) is 15.8. The SMILES string of the molecule is CC(C)(C)N(CC(=O)O)C(=O)N1CCC(CO)CC1. The second-order valence-corrected chi connectivity index (χ2v) is 6.05. The van der Waals surface area contributed by atoms with Crippen LogP contribution in [0.4, 0.5) is 4.79 Å². The van der Waals surface area contributed by atoms with Crippen LogP contribution in [0.1, 0.15) is 33.6 Å². The number of carbonyl (C=O) groups excluding carboxylic acids is 1. The third-order valence-electron chi connectivity index (χ3n) is 3.48. The van der Waals surface area contributed by atoms with Crippen LogP contribution >= 0.6 is 0 Å². The maximum atomic E-state index is 12.4. The lowest BCUT2D eigenvalue weighted by Gasteiger charge is -2.40. The summed E-state index contributed by atoms with van der Waals surface area (Å²) >= 11 is 0. The summed E-state index contributed by atoms with van der Waals surface area (Å²) in [7, 11) is 0. The molecule has 6 nitrogen and oxygen atoms in total. The predicted molar refractivity (Wildman–Crippen MR) is 70.9 cm³/mol. The molecule has 0 aromatic carbocycles. The van der Waals surface area contributed by atoms with Crippen LogP contribution in [0, 0.1) is 5.92 Å². The van der Waals surface area contributed by atoms with E-state index in [1.807, 2.05) is 20.8 Å². The van der Waals surface area contributed by atoms with Crippen LogP contribution in [0.15, 0.2) is 0 Å². The number of carboxylic acid groups (broad SMARTS) is 1. The van der Waals surface area contributed by atoms with Crippen molar-refractivity contribution in [2.75, 3.05) is 26.2 Å². The van der Waals surface area contributed by atoms with Gasteiger partial charge in [-0.25, -0.2) is 4.79 Å². The Bertz CT molecular complexity index is 330. The molecule has 2 amide bonds. The number of nitrogens with zero attached hydrogens (tertiary/aromatic N) is 2. The lowest BCUT2D eigenvalue weighted by molar-refractivity contribution is -0.138. The fraction of sp³-hybridized carbons (Fsp3) is 0.846. The van der Waals surface area contributed by atoms with Crippen LogP contribution in [0.3, 0.4) is 0 Å². The van der Waals surface area contributed by atoms with Crippen molar-refractivity contribution in [3.05, 3.63) is 0 Å². The summed E-state index contributed by atoms with van der Waals surface area (Å²) in [5.41, 5.74) is -0.525. The number of carbonyl (C=O) groups is 2. The fourth-order valence-electron chi connectivity index (χ4n) is 2.20. The molecule has 1 aliphatic heterocycles. The second kappa shape index (κ2) is 6.23. The molecule has 1 heterocycles. The fourth-order valence-corrected chi connectivity index (χ4v) is 2.20. The molecule has 110 valence electrons. The number of urea groups is 1. The van der Waals surface area contributed by atoms with E-state index in [0.29, 0.717) is 13.1 Å². The first-order valence-electron chi connectivity index (χ1n) is 6.65. The van der Waals surface area contributed by atoms with E-state index in [0.717, 1.165) is 12.8 Å². The highest BCUT2D eigenvalue weighted by atomic mass is 16.4. The lowest BCUT2D eigenvalue weighted by atomic mass is 9.98. The number of aliphatic hydroxyl groups excluding tert-OH is 1. The van der Waals surface area contributed by atoms with Crippen LogP contribution in [-0.2, 0) is 4.79 Å². The summed E-state index contributed by atoms with van der Waals surface area (Å²) in [5.74, 6) is -0.750. The summed E-state index contributed by atoms with van der Waals surface area (Å²) in [6.45, 7) is 6.51. The van der Waals surface area contributed by atoms with Gasteiger partial charge in [0.2, 0.25) is 0 Å². The molecule has 0 aromatic rings. The zero-order valence-corrected chi connectivity index (χ0v) is 11.9. The Morgan fingerprint density at radius 1 is 1.26 bits per heavy atom. The van der Waals surface area contributed by atoms with Crippen molar-refractivity contribution >= 4 is 12.0 Å². The average molecular weight is 272 g/mol. The smallest absolute Gasteiger partial charge is 0.323 e. The first-order valence-corrected chi connectivity index (χ1v) is 6.65. The summed E-state index contributed by atoms with van der Waals surface area (Å²) in [4.78, 5) is 26.4. The van der Waals surface area contributed by atoms with Crippen molar-refractivity contribution in [3.8, 4) is 0 Å². The Morgan fingerprint density at radius 2 is 1.79 bits per heavy atom. The molecule has 6 heteroatoms. The van der Waals surface area contributed by atoms with Crippen molar-refractivity contribution in [1.82, 2.24) is 9.80 Å². The monoisotopic (exact) mass is 272 g/mol. The third kappa shape index (κ3) is 4.38. The average Bonchev–Trinajstić information content (AvgIpc) is 2.34. The van der Waals surface area contributed by atoms with Crippen molar-refractivity contribution in [1.29, 1.82) is 0 Å². The minimum atomic E-state index is -1.01. The molecule has 0 spiro atoms. The molecule has 0 aromatic heterocycles. The van der Waals surface area contributed by atoms with E-state index in [-0.39, 0.29) is 25.1 Å². The van der Waals surface area contributed by atoms with Gasteiger partial charge >= 0.3 is 12.0 Å². The Balaban J connectivity index is 2.70. The van der Waals surface area contributed by atoms with Crippen LogP contribution in [0.25, 0.3) is 0 Å². The quantitative estimate of drug-likeness (QED) is 0.803. The van der Waals surface area contributed by atoms with Crippen molar-refractivity contribution in [2.45, 2.75) is 39.2 Å². The Labute approximate surface area is 114 Å². The summed E-state index contributed by atoms with van der Waals surface area (Å²) in [6, 6.07) is -0.230. The molecule has 0 radical (unpaired) electrons. The van der Waals surface area contributed by atoms with E-state index in [2.05, 4.69) is 0 Å². The Morgan fingerprint density at radius 3 is 2.16 bits per heavy atom. The van der Waals surface area contributed by atoms with E-state index in [1.165, 1.54) is 4.90 Å². The van der Waals surface area contributed by atoms with Crippen LogP contribution < -0.4 is 0 Å². The first-order chi connectivity index (χ1) is 8.75. The number of carboxylic acids is 1. The molecule has 0 atom stereocenters. The van der Waals surface area contributed by atoms with E-state index >= 15 is 0 Å². The molecular weight excluding hydrogens is 248 g/mol. The molecule has 1 aliphatic rings. The molecule has 0 aliphatic carbocycles. The number of hydrogen-bond donors (Lipinski definition) is 2. The van der Waals surface area contributed by atoms with Crippen molar-refractivity contribution in [3.63, 3.8) is 0 Å². The molecule has 1 saturated heterocycles. The molecule has 0 bridgehead atoms. The van der Waals surface area contributed by atoms with Gasteiger partial charge in [-0.05, 0) is 39.5 Å². The molecule has 1 fully saturated rings. The Hall–Kier alpha value is -1.30. The van der Waals surface area contributed by atoms with Gasteiger partial charge in [0.1, 0.15) is 6.54 Å². The largest absolute Gasteiger partial charge is 0.480 e. The van der Waals surface area contributed by atoms with Gasteiger partial charge in [-0.2, -0.15) is 0 Å². The molecule has 19 heavy (non-hydrogen) atoms. The van der Waals surface area contributed by atoms with Gasteiger partial charge in [0.25, 0.3) is 0 Å². The van der Waals surface area contributed by atoms with Gasteiger partial charge in [0.05, 0.1) is 0 Å². The van der Waals surface area contributed by atoms with Crippen LogP contribution in [0.2, 0.25) is 0 Å². The van der Waals surface area contributed by atoms with E-state index in [1.54, 1.807) is 4.90 Å². The van der Waals surface area contributed by atoms with Gasteiger partial charge in [-0.1, -0.05) is 0 Å². The lowest BCUT2D eigenvalue weighted by Crippen LogP contribution is -2.55.